The number of hydrogen-bond acceptors (Lipinski definition) is 5. The van der Waals surface area contributed by atoms with Crippen LogP contribution >= 0.6 is 0 Å². The maximum atomic E-state index is 11.9. The molecule has 1 atom stereocenters. The maximum absolute atomic E-state index is 11.9. The number of hydrogen-bond donors (Lipinski definition) is 1. The molecule has 2 rings (SSSR count). The molecular weight excluding hydrogens is 258 g/mol. The summed E-state index contributed by atoms with van der Waals surface area (Å²) in [6.45, 7) is 4.00. The fraction of sp³-hybridized carbons (Fsp3) is 0.385. The summed E-state index contributed by atoms with van der Waals surface area (Å²) in [6, 6.07) is 5.71. The van der Waals surface area contributed by atoms with E-state index in [9.17, 15) is 4.79 Å². The van der Waals surface area contributed by atoms with E-state index in [2.05, 4.69) is 20.8 Å². The van der Waals surface area contributed by atoms with E-state index in [0.29, 0.717) is 0 Å². The topological polar surface area (TPSA) is 81.9 Å². The molecule has 2 aromatic rings. The fourth-order valence-corrected chi connectivity index (χ4v) is 1.96. The van der Waals surface area contributed by atoms with Crippen LogP contribution in [-0.2, 0) is 11.3 Å². The number of aryl methyl sites for hydroxylation is 1. The Morgan fingerprint density at radius 2 is 2.30 bits per heavy atom. The van der Waals surface area contributed by atoms with Crippen LogP contribution in [-0.4, -0.2) is 33.2 Å². The lowest BCUT2D eigenvalue weighted by Gasteiger charge is -2.17. The summed E-state index contributed by atoms with van der Waals surface area (Å²) >= 11 is 0. The van der Waals surface area contributed by atoms with Gasteiger partial charge in [-0.25, -0.2) is 4.68 Å². The molecule has 0 spiro atoms. The smallest absolute Gasteiger partial charge is 0.242 e. The number of tetrazole rings is 1. The number of benzene rings is 1. The SMILES string of the molecule is COc1ccc(C)cc1[C@@H](C)NC(=O)Cn1cnnn1. The Morgan fingerprint density at radius 3 is 2.95 bits per heavy atom. The van der Waals surface area contributed by atoms with E-state index in [4.69, 9.17) is 4.74 Å². The van der Waals surface area contributed by atoms with Gasteiger partial charge in [-0.2, -0.15) is 0 Å². The number of carbonyl (C=O) groups excluding carboxylic acids is 1. The highest BCUT2D eigenvalue weighted by Crippen LogP contribution is 2.25. The molecule has 106 valence electrons. The summed E-state index contributed by atoms with van der Waals surface area (Å²) in [4.78, 5) is 11.9. The van der Waals surface area contributed by atoms with E-state index >= 15 is 0 Å². The highest BCUT2D eigenvalue weighted by Gasteiger charge is 2.14. The zero-order valence-corrected chi connectivity index (χ0v) is 11.7. The molecule has 1 aromatic carbocycles. The molecule has 0 aliphatic heterocycles. The number of nitrogens with zero attached hydrogens (tertiary/aromatic N) is 4. The standard InChI is InChI=1S/C13H17N5O2/c1-9-4-5-12(20-3)11(6-9)10(2)15-13(19)7-18-8-14-16-17-18/h4-6,8,10H,7H2,1-3H3,(H,15,19)/t10-/m1/s1. The van der Waals surface area contributed by atoms with Crippen molar-refractivity contribution in [1.82, 2.24) is 25.5 Å². The second-order valence-corrected chi connectivity index (χ2v) is 4.54. The van der Waals surface area contributed by atoms with Crippen LogP contribution in [0.4, 0.5) is 0 Å². The Bertz CT molecular complexity index is 582. The third kappa shape index (κ3) is 3.31. The summed E-state index contributed by atoms with van der Waals surface area (Å²) in [6.07, 6.45) is 1.40. The van der Waals surface area contributed by atoms with Crippen LogP contribution in [0.3, 0.4) is 0 Å². The lowest BCUT2D eigenvalue weighted by Crippen LogP contribution is -2.30. The van der Waals surface area contributed by atoms with Crippen molar-refractivity contribution in [1.29, 1.82) is 0 Å². The third-order valence-electron chi connectivity index (χ3n) is 2.93. The van der Waals surface area contributed by atoms with Crippen molar-refractivity contribution < 1.29 is 9.53 Å². The van der Waals surface area contributed by atoms with E-state index in [1.807, 2.05) is 32.0 Å². The number of carbonyl (C=O) groups is 1. The normalized spacial score (nSPS) is 11.9. The first-order chi connectivity index (χ1) is 9.60. The summed E-state index contributed by atoms with van der Waals surface area (Å²) in [7, 11) is 1.61. The number of aromatic nitrogens is 4. The van der Waals surface area contributed by atoms with Gasteiger partial charge in [0.05, 0.1) is 13.2 Å². The Labute approximate surface area is 116 Å². The second kappa shape index (κ2) is 6.14. The monoisotopic (exact) mass is 275 g/mol. The largest absolute Gasteiger partial charge is 0.496 e. The highest BCUT2D eigenvalue weighted by molar-refractivity contribution is 5.76. The van der Waals surface area contributed by atoms with Crippen LogP contribution in [0.25, 0.3) is 0 Å². The molecule has 7 heteroatoms. The van der Waals surface area contributed by atoms with Gasteiger partial charge in [0.15, 0.2) is 0 Å². The maximum Gasteiger partial charge on any atom is 0.242 e. The number of rotatable bonds is 5. The van der Waals surface area contributed by atoms with Gasteiger partial charge < -0.3 is 10.1 Å². The molecule has 20 heavy (non-hydrogen) atoms. The van der Waals surface area contributed by atoms with Crippen molar-refractivity contribution in [2.75, 3.05) is 7.11 Å². The first-order valence-electron chi connectivity index (χ1n) is 6.25. The van der Waals surface area contributed by atoms with Gasteiger partial charge in [0.2, 0.25) is 5.91 Å². The average molecular weight is 275 g/mol. The van der Waals surface area contributed by atoms with Gasteiger partial charge in [0.1, 0.15) is 18.6 Å². The van der Waals surface area contributed by atoms with Crippen molar-refractivity contribution in [3.63, 3.8) is 0 Å². The van der Waals surface area contributed by atoms with E-state index in [1.54, 1.807) is 7.11 Å². The van der Waals surface area contributed by atoms with E-state index in [1.165, 1.54) is 11.0 Å². The molecule has 1 amide bonds. The van der Waals surface area contributed by atoms with Crippen LogP contribution in [0.2, 0.25) is 0 Å². The number of amides is 1. The van der Waals surface area contributed by atoms with Crippen molar-refractivity contribution in [2.24, 2.45) is 0 Å². The molecule has 1 aromatic heterocycles. The molecule has 7 nitrogen and oxygen atoms in total. The van der Waals surface area contributed by atoms with Gasteiger partial charge in [-0.15, -0.1) is 5.10 Å². The third-order valence-corrected chi connectivity index (χ3v) is 2.93. The molecule has 0 aliphatic rings. The summed E-state index contributed by atoms with van der Waals surface area (Å²) in [5, 5.41) is 13.5. The van der Waals surface area contributed by atoms with Crippen molar-refractivity contribution in [3.05, 3.63) is 35.7 Å². The van der Waals surface area contributed by atoms with Gasteiger partial charge in [-0.1, -0.05) is 17.7 Å². The van der Waals surface area contributed by atoms with Crippen molar-refractivity contribution >= 4 is 5.91 Å². The predicted molar refractivity (Wildman–Crippen MR) is 72.1 cm³/mol. The molecule has 0 saturated heterocycles. The predicted octanol–water partition coefficient (Wildman–Crippen LogP) is 0.868. The molecule has 0 radical (unpaired) electrons. The first-order valence-corrected chi connectivity index (χ1v) is 6.25. The quantitative estimate of drug-likeness (QED) is 0.875. The Hall–Kier alpha value is -2.44. The van der Waals surface area contributed by atoms with Gasteiger partial charge in [-0.05, 0) is 30.3 Å². The number of methoxy groups -OCH3 is 1. The molecule has 0 aliphatic carbocycles. The van der Waals surface area contributed by atoms with Crippen molar-refractivity contribution in [2.45, 2.75) is 26.4 Å². The number of nitrogens with one attached hydrogen (secondary N) is 1. The molecule has 1 heterocycles. The first kappa shape index (κ1) is 14.0. The summed E-state index contributed by atoms with van der Waals surface area (Å²) in [5.41, 5.74) is 2.06. The molecule has 0 fully saturated rings. The van der Waals surface area contributed by atoms with E-state index < -0.39 is 0 Å². The van der Waals surface area contributed by atoms with Crippen LogP contribution in [0.5, 0.6) is 5.75 Å². The Morgan fingerprint density at radius 1 is 1.50 bits per heavy atom. The molecule has 0 saturated carbocycles. The summed E-state index contributed by atoms with van der Waals surface area (Å²) in [5.74, 6) is 0.596. The van der Waals surface area contributed by atoms with Crippen LogP contribution < -0.4 is 10.1 Å². The minimum absolute atomic E-state index is 0.0888. The van der Waals surface area contributed by atoms with Crippen LogP contribution in [0.15, 0.2) is 24.5 Å². The summed E-state index contributed by atoms with van der Waals surface area (Å²) < 4.78 is 6.69. The van der Waals surface area contributed by atoms with E-state index in [0.717, 1.165) is 16.9 Å². The highest BCUT2D eigenvalue weighted by atomic mass is 16.5. The molecule has 0 unspecified atom stereocenters. The zero-order chi connectivity index (χ0) is 14.5. The van der Waals surface area contributed by atoms with Crippen LogP contribution in [0, 0.1) is 6.92 Å². The lowest BCUT2D eigenvalue weighted by atomic mass is 10.0. The van der Waals surface area contributed by atoms with Crippen LogP contribution in [0.1, 0.15) is 24.1 Å². The van der Waals surface area contributed by atoms with E-state index in [-0.39, 0.29) is 18.5 Å². The number of ether oxygens (including phenoxy) is 1. The zero-order valence-electron chi connectivity index (χ0n) is 11.7. The average Bonchev–Trinajstić information content (AvgIpc) is 2.91. The molecular formula is C13H17N5O2. The van der Waals surface area contributed by atoms with Gasteiger partial charge in [0, 0.05) is 5.56 Å². The molecule has 1 N–H and O–H groups in total. The van der Waals surface area contributed by atoms with Crippen molar-refractivity contribution in [3.8, 4) is 5.75 Å². The Balaban J connectivity index is 2.06. The Kier molecular flexibility index (Phi) is 4.29. The molecule has 0 bridgehead atoms. The second-order valence-electron chi connectivity index (χ2n) is 4.54. The van der Waals surface area contributed by atoms with Gasteiger partial charge in [0.25, 0.3) is 0 Å². The van der Waals surface area contributed by atoms with Gasteiger partial charge >= 0.3 is 0 Å². The minimum Gasteiger partial charge on any atom is -0.496 e. The lowest BCUT2D eigenvalue weighted by molar-refractivity contribution is -0.122. The minimum atomic E-state index is -0.159. The fourth-order valence-electron chi connectivity index (χ4n) is 1.96. The van der Waals surface area contributed by atoms with Gasteiger partial charge in [-0.3, -0.25) is 4.79 Å².